The molecular weight excluding hydrogens is 450 g/mol. The Morgan fingerprint density at radius 2 is 1.75 bits per heavy atom. The molecule has 1 heterocycles. The molecule has 1 aliphatic heterocycles. The predicted molar refractivity (Wildman–Crippen MR) is 128 cm³/mol. The van der Waals surface area contributed by atoms with E-state index in [2.05, 4.69) is 16.3 Å². The van der Waals surface area contributed by atoms with Gasteiger partial charge in [-0.15, -0.1) is 0 Å². The Hall–Kier alpha value is -2.29. The third-order valence-electron chi connectivity index (χ3n) is 5.38. The zero-order valence-electron chi connectivity index (χ0n) is 18.7. The Bertz CT molecular complexity index is 1030. The number of hydrogen-bond acceptors (Lipinski definition) is 5. The second kappa shape index (κ2) is 10.1. The summed E-state index contributed by atoms with van der Waals surface area (Å²) in [6, 6.07) is 14.9. The number of hydrogen-bond donors (Lipinski definition) is 1. The van der Waals surface area contributed by atoms with Crippen LogP contribution >= 0.6 is 11.6 Å². The highest BCUT2D eigenvalue weighted by atomic mass is 35.5. The normalized spacial score (nSPS) is 15.4. The van der Waals surface area contributed by atoms with Crippen molar-refractivity contribution in [1.82, 2.24) is 9.62 Å². The van der Waals surface area contributed by atoms with Crippen molar-refractivity contribution in [2.75, 3.05) is 43.4 Å². The van der Waals surface area contributed by atoms with Crippen LogP contribution in [0.25, 0.3) is 0 Å². The fourth-order valence-electron chi connectivity index (χ4n) is 3.53. The van der Waals surface area contributed by atoms with Crippen LogP contribution in [0.1, 0.15) is 19.4 Å². The molecule has 0 spiro atoms. The second-order valence-electron chi connectivity index (χ2n) is 8.36. The van der Waals surface area contributed by atoms with Gasteiger partial charge in [0.1, 0.15) is 5.75 Å². The maximum absolute atomic E-state index is 12.7. The molecule has 174 valence electrons. The van der Waals surface area contributed by atoms with Gasteiger partial charge < -0.3 is 15.0 Å². The van der Waals surface area contributed by atoms with Crippen molar-refractivity contribution < 1.29 is 17.9 Å². The van der Waals surface area contributed by atoms with Crippen LogP contribution in [0.2, 0.25) is 5.02 Å². The lowest BCUT2D eigenvalue weighted by atomic mass is 10.1. The average molecular weight is 480 g/mol. The van der Waals surface area contributed by atoms with Crippen LogP contribution in [-0.2, 0) is 14.8 Å². The van der Waals surface area contributed by atoms with Crippen molar-refractivity contribution in [2.24, 2.45) is 0 Å². The number of amides is 1. The summed E-state index contributed by atoms with van der Waals surface area (Å²) in [5.41, 5.74) is 1.13. The summed E-state index contributed by atoms with van der Waals surface area (Å²) >= 11 is 5.87. The van der Waals surface area contributed by atoms with E-state index in [9.17, 15) is 13.2 Å². The van der Waals surface area contributed by atoms with E-state index in [1.807, 2.05) is 25.1 Å². The van der Waals surface area contributed by atoms with E-state index in [0.717, 1.165) is 5.69 Å². The number of benzene rings is 2. The molecule has 1 N–H and O–H groups in total. The van der Waals surface area contributed by atoms with Gasteiger partial charge in [-0.2, -0.15) is 4.31 Å². The highest BCUT2D eigenvalue weighted by Gasteiger charge is 2.31. The molecule has 1 fully saturated rings. The van der Waals surface area contributed by atoms with Crippen LogP contribution < -0.4 is 15.0 Å². The molecule has 7 nitrogen and oxygen atoms in total. The molecule has 1 amide bonds. The van der Waals surface area contributed by atoms with Gasteiger partial charge >= 0.3 is 0 Å². The Labute approximate surface area is 195 Å². The summed E-state index contributed by atoms with van der Waals surface area (Å²) in [5.74, 6) is -0.0270. The fourth-order valence-corrected chi connectivity index (χ4v) is 4.99. The van der Waals surface area contributed by atoms with Gasteiger partial charge in [-0.05, 0) is 62.7 Å². The Kier molecular flexibility index (Phi) is 7.69. The molecule has 1 aliphatic rings. The standard InChI is InChI=1S/C23H30ClN3O4S/c1-18-5-4-6-20(17-18)26-12-14-27(15-13-26)32(29,30)16-11-25-22(28)23(2,3)31-21-9-7-19(24)8-10-21/h4-10,17H,11-16H2,1-3H3,(H,25,28). The maximum Gasteiger partial charge on any atom is 0.263 e. The number of carbonyl (C=O) groups excluding carboxylic acids is 1. The number of nitrogens with one attached hydrogen (secondary N) is 1. The summed E-state index contributed by atoms with van der Waals surface area (Å²) in [6.07, 6.45) is 0. The van der Waals surface area contributed by atoms with Gasteiger partial charge in [-0.3, -0.25) is 4.79 Å². The first kappa shape index (κ1) is 24.4. The monoisotopic (exact) mass is 479 g/mol. The lowest BCUT2D eigenvalue weighted by Crippen LogP contribution is -2.51. The van der Waals surface area contributed by atoms with Crippen LogP contribution in [0, 0.1) is 6.92 Å². The number of halogens is 1. The van der Waals surface area contributed by atoms with Gasteiger partial charge in [-0.25, -0.2) is 8.42 Å². The van der Waals surface area contributed by atoms with Crippen molar-refractivity contribution in [3.63, 3.8) is 0 Å². The SMILES string of the molecule is Cc1cccc(N2CCN(S(=O)(=O)CCNC(=O)C(C)(C)Oc3ccc(Cl)cc3)CC2)c1. The molecule has 0 aliphatic carbocycles. The van der Waals surface area contributed by atoms with E-state index in [4.69, 9.17) is 16.3 Å². The molecule has 0 aromatic heterocycles. The zero-order chi connectivity index (χ0) is 23.4. The van der Waals surface area contributed by atoms with Crippen molar-refractivity contribution >= 4 is 33.2 Å². The molecule has 0 bridgehead atoms. The topological polar surface area (TPSA) is 79.0 Å². The summed E-state index contributed by atoms with van der Waals surface area (Å²) in [7, 11) is -3.47. The molecule has 1 saturated heterocycles. The summed E-state index contributed by atoms with van der Waals surface area (Å²) < 4.78 is 32.7. The third kappa shape index (κ3) is 6.37. The molecule has 32 heavy (non-hydrogen) atoms. The number of sulfonamides is 1. The van der Waals surface area contributed by atoms with E-state index in [-0.39, 0.29) is 18.2 Å². The van der Waals surface area contributed by atoms with Crippen LogP contribution in [0.3, 0.4) is 0 Å². The van der Waals surface area contributed by atoms with Crippen molar-refractivity contribution in [1.29, 1.82) is 0 Å². The Morgan fingerprint density at radius 1 is 1.09 bits per heavy atom. The number of piperazine rings is 1. The largest absolute Gasteiger partial charge is 0.478 e. The minimum Gasteiger partial charge on any atom is -0.478 e. The highest BCUT2D eigenvalue weighted by molar-refractivity contribution is 7.89. The minimum absolute atomic E-state index is 0.0205. The van der Waals surface area contributed by atoms with E-state index in [0.29, 0.717) is 37.0 Å². The molecule has 9 heteroatoms. The maximum atomic E-state index is 12.7. The van der Waals surface area contributed by atoms with E-state index < -0.39 is 15.6 Å². The van der Waals surface area contributed by atoms with E-state index in [1.165, 1.54) is 9.87 Å². The molecular formula is C23H30ClN3O4S. The first-order valence-corrected chi connectivity index (χ1v) is 12.6. The molecule has 2 aromatic carbocycles. The predicted octanol–water partition coefficient (Wildman–Crippen LogP) is 3.07. The minimum atomic E-state index is -3.47. The number of nitrogens with zero attached hydrogens (tertiary/aromatic N) is 2. The first-order valence-electron chi connectivity index (χ1n) is 10.6. The lowest BCUT2D eigenvalue weighted by Gasteiger charge is -2.35. The number of rotatable bonds is 8. The van der Waals surface area contributed by atoms with Gasteiger partial charge in [-0.1, -0.05) is 23.7 Å². The molecule has 0 unspecified atom stereocenters. The Morgan fingerprint density at radius 3 is 2.38 bits per heavy atom. The van der Waals surface area contributed by atoms with Gasteiger partial charge in [0.25, 0.3) is 5.91 Å². The average Bonchev–Trinajstić information content (AvgIpc) is 2.75. The van der Waals surface area contributed by atoms with Gasteiger partial charge in [0.15, 0.2) is 5.60 Å². The van der Waals surface area contributed by atoms with Crippen LogP contribution in [0.4, 0.5) is 5.69 Å². The smallest absolute Gasteiger partial charge is 0.263 e. The van der Waals surface area contributed by atoms with Gasteiger partial charge in [0, 0.05) is 43.4 Å². The van der Waals surface area contributed by atoms with Crippen LogP contribution in [0.15, 0.2) is 48.5 Å². The van der Waals surface area contributed by atoms with E-state index in [1.54, 1.807) is 38.1 Å². The molecule has 0 saturated carbocycles. The number of ether oxygens (including phenoxy) is 1. The van der Waals surface area contributed by atoms with Gasteiger partial charge in [0.05, 0.1) is 5.75 Å². The number of carbonyl (C=O) groups is 1. The number of aryl methyl sites for hydroxylation is 1. The van der Waals surface area contributed by atoms with E-state index >= 15 is 0 Å². The third-order valence-corrected chi connectivity index (χ3v) is 7.50. The summed E-state index contributed by atoms with van der Waals surface area (Å²) in [4.78, 5) is 14.7. The van der Waals surface area contributed by atoms with Crippen LogP contribution in [0.5, 0.6) is 5.75 Å². The fraction of sp³-hybridized carbons (Fsp3) is 0.435. The van der Waals surface area contributed by atoms with Crippen molar-refractivity contribution in [3.8, 4) is 5.75 Å². The molecule has 3 rings (SSSR count). The zero-order valence-corrected chi connectivity index (χ0v) is 20.2. The first-order chi connectivity index (χ1) is 15.1. The molecule has 2 aromatic rings. The molecule has 0 radical (unpaired) electrons. The Balaban J connectivity index is 1.47. The summed E-state index contributed by atoms with van der Waals surface area (Å²) in [5, 5.41) is 3.26. The lowest BCUT2D eigenvalue weighted by molar-refractivity contribution is -0.134. The number of anilines is 1. The quantitative estimate of drug-likeness (QED) is 0.629. The van der Waals surface area contributed by atoms with Gasteiger partial charge in [0.2, 0.25) is 10.0 Å². The van der Waals surface area contributed by atoms with Crippen molar-refractivity contribution in [3.05, 3.63) is 59.1 Å². The second-order valence-corrected chi connectivity index (χ2v) is 10.9. The molecule has 0 atom stereocenters. The highest BCUT2D eigenvalue weighted by Crippen LogP contribution is 2.21. The van der Waals surface area contributed by atoms with Crippen LogP contribution in [-0.4, -0.2) is 62.7 Å². The van der Waals surface area contributed by atoms with Crippen molar-refractivity contribution in [2.45, 2.75) is 26.4 Å². The summed E-state index contributed by atoms with van der Waals surface area (Å²) in [6.45, 7) is 7.46.